The Morgan fingerprint density at radius 2 is 0.759 bits per heavy atom. The molecule has 1 fully saturated rings. The SMILES string of the molecule is CC/C=C\C/C=C\C/C=C\C/C=C\C/C=C\CCCCCC(=O)OC1C(OCC(COC(=O)CCCCCC/C=C\C/C=C\C/C=C\C/C=C\CC)OC(=O)CCCCCCCCC/C=C\C/C=C\CCCCC)OC(C(=O)O)C(O)C1O. The summed E-state index contributed by atoms with van der Waals surface area (Å²) in [5.74, 6) is -3.22. The molecule has 0 aliphatic carbocycles. The summed E-state index contributed by atoms with van der Waals surface area (Å²) in [6.45, 7) is 5.71. The number of aliphatic carboxylic acids is 1. The van der Waals surface area contributed by atoms with Crippen LogP contribution in [-0.4, -0.2) is 89.2 Å². The smallest absolute Gasteiger partial charge is 0.335 e. The first-order chi connectivity index (χ1) is 40.6. The molecule has 0 aromatic carbocycles. The maximum atomic E-state index is 13.2. The molecule has 0 bridgehead atoms. The van der Waals surface area contributed by atoms with Gasteiger partial charge in [0.05, 0.1) is 6.61 Å². The molecule has 1 saturated heterocycles. The Morgan fingerprint density at radius 3 is 1.17 bits per heavy atom. The van der Waals surface area contributed by atoms with Crippen molar-refractivity contribution in [1.29, 1.82) is 0 Å². The minimum atomic E-state index is -1.93. The van der Waals surface area contributed by atoms with Gasteiger partial charge in [0, 0.05) is 19.3 Å². The number of carboxylic acids is 1. The molecule has 0 aromatic rings. The van der Waals surface area contributed by atoms with E-state index >= 15 is 0 Å². The number of esters is 3. The van der Waals surface area contributed by atoms with Gasteiger partial charge in [0.15, 0.2) is 24.6 Å². The molecule has 6 unspecified atom stereocenters. The molecule has 1 heterocycles. The first-order valence-electron chi connectivity index (χ1n) is 32.2. The third-order valence-electron chi connectivity index (χ3n) is 13.7. The highest BCUT2D eigenvalue weighted by Gasteiger charge is 2.50. The first kappa shape index (κ1) is 75.9. The summed E-state index contributed by atoms with van der Waals surface area (Å²) in [4.78, 5) is 51.3. The molecule has 3 N–H and O–H groups in total. The second-order valence-electron chi connectivity index (χ2n) is 21.3. The number of carboxylic acid groups (broad SMARTS) is 1. The van der Waals surface area contributed by atoms with Gasteiger partial charge in [0.2, 0.25) is 0 Å². The maximum absolute atomic E-state index is 13.2. The lowest BCUT2D eigenvalue weighted by Crippen LogP contribution is -2.61. The van der Waals surface area contributed by atoms with E-state index in [1.165, 1.54) is 19.3 Å². The van der Waals surface area contributed by atoms with Crippen LogP contribution in [0.4, 0.5) is 0 Å². The number of allylic oxidation sites excluding steroid dienone is 22. The predicted molar refractivity (Wildman–Crippen MR) is 340 cm³/mol. The number of aliphatic hydroxyl groups is 2. The molecule has 6 atom stereocenters. The summed E-state index contributed by atoms with van der Waals surface area (Å²) in [5, 5.41) is 31.6. The molecular formula is C71H112O12. The van der Waals surface area contributed by atoms with Gasteiger partial charge < -0.3 is 39.0 Å². The zero-order valence-electron chi connectivity index (χ0n) is 51.6. The minimum absolute atomic E-state index is 0.0106. The monoisotopic (exact) mass is 1160 g/mol. The van der Waals surface area contributed by atoms with Crippen molar-refractivity contribution in [3.05, 3.63) is 134 Å². The van der Waals surface area contributed by atoms with Gasteiger partial charge in [-0.1, -0.05) is 219 Å². The molecule has 0 amide bonds. The largest absolute Gasteiger partial charge is 0.479 e. The molecule has 468 valence electrons. The van der Waals surface area contributed by atoms with E-state index in [1.807, 2.05) is 0 Å². The van der Waals surface area contributed by atoms with Gasteiger partial charge in [-0.05, 0) is 135 Å². The lowest BCUT2D eigenvalue weighted by atomic mass is 9.98. The van der Waals surface area contributed by atoms with Gasteiger partial charge >= 0.3 is 23.9 Å². The van der Waals surface area contributed by atoms with Crippen LogP contribution in [0.3, 0.4) is 0 Å². The number of hydrogen-bond donors (Lipinski definition) is 3. The second kappa shape index (κ2) is 57.3. The van der Waals surface area contributed by atoms with E-state index in [4.69, 9.17) is 23.7 Å². The Hall–Kier alpha value is -5.14. The topological polar surface area (TPSA) is 175 Å². The summed E-state index contributed by atoms with van der Waals surface area (Å²) in [6, 6.07) is 0. The van der Waals surface area contributed by atoms with Crippen LogP contribution in [0.25, 0.3) is 0 Å². The highest BCUT2D eigenvalue weighted by atomic mass is 16.7. The number of unbranched alkanes of at least 4 members (excludes halogenated alkanes) is 17. The van der Waals surface area contributed by atoms with Crippen molar-refractivity contribution >= 4 is 23.9 Å². The average molecular weight is 1160 g/mol. The van der Waals surface area contributed by atoms with Crippen LogP contribution in [0.1, 0.15) is 239 Å². The molecule has 0 radical (unpaired) electrons. The Kier molecular flexibility index (Phi) is 52.4. The zero-order chi connectivity index (χ0) is 60.3. The van der Waals surface area contributed by atoms with E-state index in [1.54, 1.807) is 0 Å². The molecule has 1 aliphatic heterocycles. The summed E-state index contributed by atoms with van der Waals surface area (Å²) >= 11 is 0. The third kappa shape index (κ3) is 46.9. The van der Waals surface area contributed by atoms with Crippen molar-refractivity contribution in [3.8, 4) is 0 Å². The lowest BCUT2D eigenvalue weighted by molar-refractivity contribution is -0.301. The van der Waals surface area contributed by atoms with E-state index in [2.05, 4.69) is 154 Å². The van der Waals surface area contributed by atoms with Crippen LogP contribution < -0.4 is 0 Å². The molecule has 12 nitrogen and oxygen atoms in total. The molecule has 0 aromatic heterocycles. The Morgan fingerprint density at radius 1 is 0.410 bits per heavy atom. The van der Waals surface area contributed by atoms with E-state index in [9.17, 15) is 34.5 Å². The van der Waals surface area contributed by atoms with Gasteiger partial charge in [-0.3, -0.25) is 14.4 Å². The Labute approximate surface area is 502 Å². The van der Waals surface area contributed by atoms with Gasteiger partial charge in [-0.2, -0.15) is 0 Å². The van der Waals surface area contributed by atoms with Crippen molar-refractivity contribution in [1.82, 2.24) is 0 Å². The van der Waals surface area contributed by atoms with E-state index < -0.39 is 67.3 Å². The highest BCUT2D eigenvalue weighted by molar-refractivity contribution is 5.74. The summed E-state index contributed by atoms with van der Waals surface area (Å²) in [6.07, 6.45) is 68.3. The van der Waals surface area contributed by atoms with Crippen LogP contribution in [0.2, 0.25) is 0 Å². The number of aliphatic hydroxyl groups excluding tert-OH is 2. The predicted octanol–water partition coefficient (Wildman–Crippen LogP) is 17.3. The number of rotatable bonds is 53. The molecular weight excluding hydrogens is 1040 g/mol. The van der Waals surface area contributed by atoms with E-state index in [0.717, 1.165) is 161 Å². The van der Waals surface area contributed by atoms with Gasteiger partial charge in [0.1, 0.15) is 18.8 Å². The van der Waals surface area contributed by atoms with Crippen molar-refractivity contribution in [2.45, 2.75) is 276 Å². The van der Waals surface area contributed by atoms with Gasteiger partial charge in [0.25, 0.3) is 0 Å². The molecule has 12 heteroatoms. The van der Waals surface area contributed by atoms with Crippen LogP contribution in [0.5, 0.6) is 0 Å². The van der Waals surface area contributed by atoms with Gasteiger partial charge in [-0.15, -0.1) is 0 Å². The molecule has 1 aliphatic rings. The Balaban J connectivity index is 2.72. The average Bonchev–Trinajstić information content (AvgIpc) is 3.55. The number of ether oxygens (including phenoxy) is 5. The van der Waals surface area contributed by atoms with Gasteiger partial charge in [-0.25, -0.2) is 4.79 Å². The fourth-order valence-corrected chi connectivity index (χ4v) is 8.83. The summed E-state index contributed by atoms with van der Waals surface area (Å²) < 4.78 is 28.5. The fourth-order valence-electron chi connectivity index (χ4n) is 8.83. The van der Waals surface area contributed by atoms with Crippen LogP contribution >= 0.6 is 0 Å². The van der Waals surface area contributed by atoms with E-state index in [-0.39, 0.29) is 25.9 Å². The minimum Gasteiger partial charge on any atom is -0.479 e. The molecule has 0 spiro atoms. The summed E-state index contributed by atoms with van der Waals surface area (Å²) in [5.41, 5.74) is 0. The maximum Gasteiger partial charge on any atom is 0.335 e. The summed E-state index contributed by atoms with van der Waals surface area (Å²) in [7, 11) is 0. The van der Waals surface area contributed by atoms with Crippen molar-refractivity contribution < 1.29 is 58.2 Å². The molecule has 0 saturated carbocycles. The second-order valence-corrected chi connectivity index (χ2v) is 21.3. The lowest BCUT2D eigenvalue weighted by Gasteiger charge is -2.40. The van der Waals surface area contributed by atoms with Crippen molar-refractivity contribution in [2.24, 2.45) is 0 Å². The molecule has 83 heavy (non-hydrogen) atoms. The van der Waals surface area contributed by atoms with Crippen LogP contribution in [0.15, 0.2) is 134 Å². The number of hydrogen-bond acceptors (Lipinski definition) is 11. The third-order valence-corrected chi connectivity index (χ3v) is 13.7. The quantitative estimate of drug-likeness (QED) is 0.0228. The van der Waals surface area contributed by atoms with Crippen LogP contribution in [-0.2, 0) is 42.9 Å². The standard InChI is InChI=1S/C71H112O12/c1-4-7-10-13-16-19-22-25-28-31-32-35-38-41-44-47-50-53-56-59-65(74)82-69-67(76)66(75)68(70(77)78)83-71(69)80-61-62(81-64(73)58-55-52-49-46-43-40-37-34-30-27-24-21-18-15-12-9-6-3)60-79-63(72)57-54-51-48-45-42-39-36-33-29-26-23-20-17-14-11-8-5-2/h7-8,10-11,16-21,25-30,32,35-36,39,41,44,62,66-69,71,75-76H,4-6,9,12-15,22-24,31,33-34,37-38,40,42-43,45-61H2,1-3H3,(H,77,78)/b10-7-,11-8-,19-16-,20-17-,21-18-,28-25-,29-26-,30-27-,35-32-,39-36-,44-41-. The van der Waals surface area contributed by atoms with E-state index in [0.29, 0.717) is 19.3 Å². The van der Waals surface area contributed by atoms with Crippen molar-refractivity contribution in [3.63, 3.8) is 0 Å². The highest BCUT2D eigenvalue weighted by Crippen LogP contribution is 2.26. The zero-order valence-corrected chi connectivity index (χ0v) is 51.6. The van der Waals surface area contributed by atoms with Crippen LogP contribution in [0, 0.1) is 0 Å². The Bertz CT molecular complexity index is 1950. The van der Waals surface area contributed by atoms with Crippen molar-refractivity contribution in [2.75, 3.05) is 13.2 Å². The molecule has 1 rings (SSSR count). The number of carbonyl (C=O) groups is 4. The number of carbonyl (C=O) groups excluding carboxylic acids is 3. The fraction of sp³-hybridized carbons (Fsp3) is 0.634. The first-order valence-corrected chi connectivity index (χ1v) is 32.2. The normalized spacial score (nSPS) is 18.5.